The third-order valence-corrected chi connectivity index (χ3v) is 3.98. The number of hydrogen-bond donors (Lipinski definition) is 1. The van der Waals surface area contributed by atoms with Crippen molar-refractivity contribution >= 4 is 17.5 Å². The van der Waals surface area contributed by atoms with Gasteiger partial charge in [0, 0.05) is 32.2 Å². The molecule has 2 rings (SSSR count). The Kier molecular flexibility index (Phi) is 6.03. The van der Waals surface area contributed by atoms with E-state index in [4.69, 9.17) is 14.2 Å². The van der Waals surface area contributed by atoms with E-state index < -0.39 is 0 Å². The first-order chi connectivity index (χ1) is 11.5. The van der Waals surface area contributed by atoms with Crippen LogP contribution in [0.15, 0.2) is 18.2 Å². The molecule has 1 aromatic carbocycles. The molecule has 1 fully saturated rings. The second kappa shape index (κ2) is 8.01. The van der Waals surface area contributed by atoms with Gasteiger partial charge in [-0.25, -0.2) is 0 Å². The lowest BCUT2D eigenvalue weighted by Crippen LogP contribution is -2.40. The summed E-state index contributed by atoms with van der Waals surface area (Å²) < 4.78 is 15.5. The number of methoxy groups -OCH3 is 3. The Balaban J connectivity index is 2.11. The van der Waals surface area contributed by atoms with E-state index in [0.29, 0.717) is 30.3 Å². The number of ether oxygens (including phenoxy) is 3. The molecule has 7 nitrogen and oxygen atoms in total. The van der Waals surface area contributed by atoms with Gasteiger partial charge in [-0.3, -0.25) is 9.59 Å². The zero-order valence-corrected chi connectivity index (χ0v) is 14.5. The van der Waals surface area contributed by atoms with Crippen LogP contribution in [0.25, 0.3) is 0 Å². The van der Waals surface area contributed by atoms with E-state index in [0.717, 1.165) is 0 Å². The van der Waals surface area contributed by atoms with Crippen LogP contribution in [0.3, 0.4) is 0 Å². The third-order valence-electron chi connectivity index (χ3n) is 3.98. The second-order valence-corrected chi connectivity index (χ2v) is 5.81. The SMILES string of the molecule is COC[C@@H](C)NC(=O)[C@@H]1CC(=O)N(c2ccc(OC)cc2OC)C1. The molecule has 1 aliphatic rings. The van der Waals surface area contributed by atoms with Crippen molar-refractivity contribution in [3.05, 3.63) is 18.2 Å². The largest absolute Gasteiger partial charge is 0.497 e. The van der Waals surface area contributed by atoms with Crippen LogP contribution in [-0.4, -0.2) is 52.3 Å². The van der Waals surface area contributed by atoms with Crippen molar-refractivity contribution in [1.82, 2.24) is 5.32 Å². The molecule has 24 heavy (non-hydrogen) atoms. The molecular formula is C17H24N2O5. The van der Waals surface area contributed by atoms with E-state index in [1.54, 1.807) is 37.3 Å². The first kappa shape index (κ1) is 18.1. The molecule has 0 unspecified atom stereocenters. The van der Waals surface area contributed by atoms with Crippen molar-refractivity contribution in [2.24, 2.45) is 5.92 Å². The zero-order valence-electron chi connectivity index (χ0n) is 14.5. The smallest absolute Gasteiger partial charge is 0.227 e. The topological polar surface area (TPSA) is 77.1 Å². The summed E-state index contributed by atoms with van der Waals surface area (Å²) in [7, 11) is 4.69. The first-order valence-electron chi connectivity index (χ1n) is 7.81. The van der Waals surface area contributed by atoms with Gasteiger partial charge in [0.1, 0.15) is 11.5 Å². The Morgan fingerprint density at radius 1 is 1.33 bits per heavy atom. The Morgan fingerprint density at radius 3 is 2.71 bits per heavy atom. The highest BCUT2D eigenvalue weighted by atomic mass is 16.5. The summed E-state index contributed by atoms with van der Waals surface area (Å²) in [6.45, 7) is 2.62. The van der Waals surface area contributed by atoms with Crippen molar-refractivity contribution < 1.29 is 23.8 Å². The van der Waals surface area contributed by atoms with Gasteiger partial charge in [0.25, 0.3) is 0 Å². The number of nitrogens with one attached hydrogen (secondary N) is 1. The van der Waals surface area contributed by atoms with Crippen LogP contribution in [-0.2, 0) is 14.3 Å². The van der Waals surface area contributed by atoms with Crippen LogP contribution in [0.1, 0.15) is 13.3 Å². The number of rotatable bonds is 7. The van der Waals surface area contributed by atoms with Gasteiger partial charge in [-0.05, 0) is 19.1 Å². The molecule has 0 aromatic heterocycles. The van der Waals surface area contributed by atoms with Crippen molar-refractivity contribution in [3.8, 4) is 11.5 Å². The average Bonchev–Trinajstić information content (AvgIpc) is 2.96. The van der Waals surface area contributed by atoms with Crippen LogP contribution in [0.4, 0.5) is 5.69 Å². The van der Waals surface area contributed by atoms with E-state index >= 15 is 0 Å². The standard InChI is InChI=1S/C17H24N2O5/c1-11(10-22-2)18-17(21)12-7-16(20)19(9-12)14-6-5-13(23-3)8-15(14)24-4/h5-6,8,11-12H,7,9-10H2,1-4H3,(H,18,21)/t11-,12-/m1/s1. The maximum Gasteiger partial charge on any atom is 0.227 e. The summed E-state index contributed by atoms with van der Waals surface area (Å²) >= 11 is 0. The summed E-state index contributed by atoms with van der Waals surface area (Å²) in [5, 5.41) is 2.87. The highest BCUT2D eigenvalue weighted by Gasteiger charge is 2.36. The number of anilines is 1. The molecule has 1 N–H and O–H groups in total. The summed E-state index contributed by atoms with van der Waals surface area (Å²) in [5.74, 6) is 0.561. The van der Waals surface area contributed by atoms with Crippen molar-refractivity contribution in [1.29, 1.82) is 0 Å². The van der Waals surface area contributed by atoms with Crippen LogP contribution >= 0.6 is 0 Å². The minimum Gasteiger partial charge on any atom is -0.497 e. The van der Waals surface area contributed by atoms with Gasteiger partial charge in [-0.15, -0.1) is 0 Å². The van der Waals surface area contributed by atoms with E-state index in [1.165, 1.54) is 7.11 Å². The summed E-state index contributed by atoms with van der Waals surface area (Å²) in [5.41, 5.74) is 0.642. The van der Waals surface area contributed by atoms with E-state index in [-0.39, 0.29) is 30.2 Å². The molecule has 0 bridgehead atoms. The van der Waals surface area contributed by atoms with Crippen molar-refractivity contribution in [2.75, 3.05) is 39.4 Å². The van der Waals surface area contributed by atoms with E-state index in [1.807, 2.05) is 6.92 Å². The first-order valence-corrected chi connectivity index (χ1v) is 7.81. The lowest BCUT2D eigenvalue weighted by molar-refractivity contribution is -0.127. The predicted molar refractivity (Wildman–Crippen MR) is 89.5 cm³/mol. The summed E-state index contributed by atoms with van der Waals surface area (Å²) in [6, 6.07) is 5.15. The molecule has 0 aliphatic carbocycles. The number of nitrogens with zero attached hydrogens (tertiary/aromatic N) is 1. The van der Waals surface area contributed by atoms with Gasteiger partial charge in [-0.2, -0.15) is 0 Å². The molecule has 1 heterocycles. The molecule has 2 amide bonds. The maximum absolute atomic E-state index is 12.4. The van der Waals surface area contributed by atoms with Gasteiger partial charge in [0.15, 0.2) is 0 Å². The third kappa shape index (κ3) is 3.97. The highest BCUT2D eigenvalue weighted by Crippen LogP contribution is 2.35. The fraction of sp³-hybridized carbons (Fsp3) is 0.529. The molecular weight excluding hydrogens is 312 g/mol. The zero-order chi connectivity index (χ0) is 17.7. The Labute approximate surface area is 141 Å². The molecule has 1 aromatic rings. The average molecular weight is 336 g/mol. The summed E-state index contributed by atoms with van der Waals surface area (Å²) in [6.07, 6.45) is 0.181. The van der Waals surface area contributed by atoms with Crippen LogP contribution in [0.2, 0.25) is 0 Å². The summed E-state index contributed by atoms with van der Waals surface area (Å²) in [4.78, 5) is 26.3. The van der Waals surface area contributed by atoms with E-state index in [9.17, 15) is 9.59 Å². The van der Waals surface area contributed by atoms with Crippen molar-refractivity contribution in [2.45, 2.75) is 19.4 Å². The Hall–Kier alpha value is -2.28. The van der Waals surface area contributed by atoms with Crippen molar-refractivity contribution in [3.63, 3.8) is 0 Å². The van der Waals surface area contributed by atoms with Crippen LogP contribution < -0.4 is 19.7 Å². The lowest BCUT2D eigenvalue weighted by atomic mass is 10.1. The van der Waals surface area contributed by atoms with Gasteiger partial charge in [0.05, 0.1) is 32.4 Å². The van der Waals surface area contributed by atoms with Crippen LogP contribution in [0.5, 0.6) is 11.5 Å². The Morgan fingerprint density at radius 2 is 2.08 bits per heavy atom. The molecule has 7 heteroatoms. The second-order valence-electron chi connectivity index (χ2n) is 5.81. The molecule has 0 radical (unpaired) electrons. The minimum absolute atomic E-state index is 0.0952. The predicted octanol–water partition coefficient (Wildman–Crippen LogP) is 1.21. The minimum atomic E-state index is -0.386. The molecule has 2 atom stereocenters. The number of benzene rings is 1. The maximum atomic E-state index is 12.4. The molecule has 1 aliphatic heterocycles. The fourth-order valence-electron chi connectivity index (χ4n) is 2.78. The van der Waals surface area contributed by atoms with Crippen LogP contribution in [0, 0.1) is 5.92 Å². The molecule has 1 saturated heterocycles. The number of hydrogen-bond acceptors (Lipinski definition) is 5. The van der Waals surface area contributed by atoms with Gasteiger partial charge in [0.2, 0.25) is 11.8 Å². The normalized spacial score (nSPS) is 18.4. The number of carbonyl (C=O) groups is 2. The van der Waals surface area contributed by atoms with Gasteiger partial charge < -0.3 is 24.4 Å². The van der Waals surface area contributed by atoms with Gasteiger partial charge in [-0.1, -0.05) is 0 Å². The quantitative estimate of drug-likeness (QED) is 0.810. The number of carbonyl (C=O) groups excluding carboxylic acids is 2. The van der Waals surface area contributed by atoms with E-state index in [2.05, 4.69) is 5.32 Å². The highest BCUT2D eigenvalue weighted by molar-refractivity contribution is 6.01. The number of amides is 2. The molecule has 0 saturated carbocycles. The lowest BCUT2D eigenvalue weighted by Gasteiger charge is -2.20. The molecule has 132 valence electrons. The monoisotopic (exact) mass is 336 g/mol. The van der Waals surface area contributed by atoms with Gasteiger partial charge >= 0.3 is 0 Å². The fourth-order valence-corrected chi connectivity index (χ4v) is 2.78. The Bertz CT molecular complexity index is 605. The molecule has 0 spiro atoms.